The molecule has 2 rings (SSSR count). The maximum Gasteiger partial charge on any atom is 0.182 e. The van der Waals surface area contributed by atoms with Gasteiger partial charge in [-0.1, -0.05) is 13.8 Å². The minimum Gasteiger partial charge on any atom is -0.381 e. The number of aromatic nitrogens is 1. The van der Waals surface area contributed by atoms with E-state index in [1.807, 2.05) is 6.20 Å². The van der Waals surface area contributed by atoms with E-state index in [-0.39, 0.29) is 5.41 Å². The van der Waals surface area contributed by atoms with Crippen molar-refractivity contribution in [3.8, 4) is 0 Å². The third-order valence-corrected chi connectivity index (χ3v) is 4.75. The van der Waals surface area contributed by atoms with Gasteiger partial charge in [-0.3, -0.25) is 0 Å². The standard InChI is InChI=1S/C13H23N3OS/c1-13(2,10-3-5-17-6-4-10)9-16-12-15-8-11(7-14)18-12/h8,10H,3-7,9,14H2,1-2H3,(H,15,16). The summed E-state index contributed by atoms with van der Waals surface area (Å²) in [5.41, 5.74) is 5.87. The molecule has 5 heteroatoms. The highest BCUT2D eigenvalue weighted by Gasteiger charge is 2.30. The average Bonchev–Trinajstić information content (AvgIpc) is 2.86. The zero-order valence-corrected chi connectivity index (χ0v) is 12.1. The Hall–Kier alpha value is -0.650. The number of rotatable bonds is 5. The molecule has 0 radical (unpaired) electrons. The first kappa shape index (κ1) is 13.8. The number of anilines is 1. The molecule has 0 aliphatic carbocycles. The van der Waals surface area contributed by atoms with Crippen molar-refractivity contribution in [2.24, 2.45) is 17.1 Å². The van der Waals surface area contributed by atoms with Gasteiger partial charge in [-0.2, -0.15) is 0 Å². The van der Waals surface area contributed by atoms with Crippen molar-refractivity contribution < 1.29 is 4.74 Å². The van der Waals surface area contributed by atoms with Gasteiger partial charge in [0.05, 0.1) is 0 Å². The van der Waals surface area contributed by atoms with E-state index in [9.17, 15) is 0 Å². The lowest BCUT2D eigenvalue weighted by Gasteiger charge is -2.37. The van der Waals surface area contributed by atoms with Crippen LogP contribution in [0.25, 0.3) is 0 Å². The van der Waals surface area contributed by atoms with Crippen LogP contribution in [0.2, 0.25) is 0 Å². The normalized spacial score (nSPS) is 17.9. The summed E-state index contributed by atoms with van der Waals surface area (Å²) < 4.78 is 5.43. The molecule has 0 aromatic carbocycles. The van der Waals surface area contributed by atoms with Crippen LogP contribution in [0.3, 0.4) is 0 Å². The molecular formula is C13H23N3OS. The quantitative estimate of drug-likeness (QED) is 0.862. The van der Waals surface area contributed by atoms with Crippen LogP contribution in [0, 0.1) is 11.3 Å². The molecule has 1 aromatic heterocycles. The number of nitrogens with zero attached hydrogens (tertiary/aromatic N) is 1. The Labute approximate surface area is 113 Å². The van der Waals surface area contributed by atoms with Crippen LogP contribution in [0.15, 0.2) is 6.20 Å². The summed E-state index contributed by atoms with van der Waals surface area (Å²) in [6, 6.07) is 0. The number of ether oxygens (including phenoxy) is 1. The lowest BCUT2D eigenvalue weighted by atomic mass is 9.74. The molecule has 1 fully saturated rings. The zero-order chi connectivity index (χ0) is 13.0. The van der Waals surface area contributed by atoms with Crippen LogP contribution in [0.5, 0.6) is 0 Å². The largest absolute Gasteiger partial charge is 0.381 e. The third kappa shape index (κ3) is 3.43. The molecule has 0 amide bonds. The summed E-state index contributed by atoms with van der Waals surface area (Å²) in [6.45, 7) is 7.99. The molecule has 0 bridgehead atoms. The van der Waals surface area contributed by atoms with Crippen molar-refractivity contribution >= 4 is 16.5 Å². The second-order valence-corrected chi connectivity index (χ2v) is 6.68. The molecule has 102 valence electrons. The minimum absolute atomic E-state index is 0.276. The molecule has 0 spiro atoms. The van der Waals surface area contributed by atoms with E-state index in [1.54, 1.807) is 11.3 Å². The van der Waals surface area contributed by atoms with Crippen molar-refractivity contribution in [3.63, 3.8) is 0 Å². The van der Waals surface area contributed by atoms with Crippen LogP contribution < -0.4 is 11.1 Å². The lowest BCUT2D eigenvalue weighted by molar-refractivity contribution is 0.0268. The number of nitrogens with two attached hydrogens (primary N) is 1. The molecular weight excluding hydrogens is 246 g/mol. The van der Waals surface area contributed by atoms with Gasteiger partial charge >= 0.3 is 0 Å². The summed E-state index contributed by atoms with van der Waals surface area (Å²) in [5, 5.41) is 4.43. The maximum absolute atomic E-state index is 5.59. The van der Waals surface area contributed by atoms with E-state index in [1.165, 1.54) is 12.8 Å². The first-order valence-corrected chi connectivity index (χ1v) is 7.40. The Kier molecular flexibility index (Phi) is 4.59. The summed E-state index contributed by atoms with van der Waals surface area (Å²) in [5.74, 6) is 0.729. The molecule has 1 aliphatic heterocycles. The van der Waals surface area contributed by atoms with E-state index in [4.69, 9.17) is 10.5 Å². The fourth-order valence-corrected chi connectivity index (χ4v) is 3.10. The third-order valence-electron chi connectivity index (χ3n) is 3.78. The summed E-state index contributed by atoms with van der Waals surface area (Å²) in [6.07, 6.45) is 4.19. The highest BCUT2D eigenvalue weighted by molar-refractivity contribution is 7.15. The van der Waals surface area contributed by atoms with Crippen LogP contribution >= 0.6 is 11.3 Å². The van der Waals surface area contributed by atoms with Gasteiger partial charge in [-0.25, -0.2) is 4.98 Å². The topological polar surface area (TPSA) is 60.2 Å². The van der Waals surface area contributed by atoms with Crippen LogP contribution in [0.1, 0.15) is 31.6 Å². The summed E-state index contributed by atoms with van der Waals surface area (Å²) >= 11 is 1.65. The van der Waals surface area contributed by atoms with E-state index >= 15 is 0 Å². The SMILES string of the molecule is CC(C)(CNc1ncc(CN)s1)C1CCOCC1. The first-order chi connectivity index (χ1) is 8.62. The number of hydrogen-bond donors (Lipinski definition) is 2. The molecule has 1 saturated heterocycles. The Morgan fingerprint density at radius 3 is 2.83 bits per heavy atom. The molecule has 1 aromatic rings. The minimum atomic E-state index is 0.276. The van der Waals surface area contributed by atoms with Gasteiger partial charge in [0, 0.05) is 37.4 Å². The Morgan fingerprint density at radius 1 is 1.50 bits per heavy atom. The molecule has 1 aliphatic rings. The van der Waals surface area contributed by atoms with Gasteiger partial charge in [0.2, 0.25) is 0 Å². The molecule has 18 heavy (non-hydrogen) atoms. The maximum atomic E-state index is 5.59. The van der Waals surface area contributed by atoms with Crippen LogP contribution in [0.4, 0.5) is 5.13 Å². The molecule has 3 N–H and O–H groups in total. The number of hydrogen-bond acceptors (Lipinski definition) is 5. The van der Waals surface area contributed by atoms with E-state index in [0.717, 1.165) is 35.7 Å². The molecule has 0 atom stereocenters. The highest BCUT2D eigenvalue weighted by atomic mass is 32.1. The van der Waals surface area contributed by atoms with E-state index in [0.29, 0.717) is 6.54 Å². The molecule has 4 nitrogen and oxygen atoms in total. The fraction of sp³-hybridized carbons (Fsp3) is 0.769. The van der Waals surface area contributed by atoms with Gasteiger partial charge in [0.1, 0.15) is 0 Å². The molecule has 2 heterocycles. The summed E-state index contributed by atoms with van der Waals surface area (Å²) in [4.78, 5) is 5.46. The van der Waals surface area contributed by atoms with Gasteiger partial charge in [-0.05, 0) is 24.2 Å². The van der Waals surface area contributed by atoms with Gasteiger partial charge < -0.3 is 15.8 Å². The van der Waals surface area contributed by atoms with Crippen molar-refractivity contribution in [2.75, 3.05) is 25.1 Å². The second kappa shape index (κ2) is 5.99. The molecule has 0 saturated carbocycles. The van der Waals surface area contributed by atoms with Gasteiger partial charge in [-0.15, -0.1) is 11.3 Å². The monoisotopic (exact) mass is 269 g/mol. The van der Waals surface area contributed by atoms with E-state index in [2.05, 4.69) is 24.1 Å². The lowest BCUT2D eigenvalue weighted by Crippen LogP contribution is -2.35. The van der Waals surface area contributed by atoms with Crippen molar-refractivity contribution in [1.82, 2.24) is 4.98 Å². The van der Waals surface area contributed by atoms with Gasteiger partial charge in [0.15, 0.2) is 5.13 Å². The van der Waals surface area contributed by atoms with E-state index < -0.39 is 0 Å². The van der Waals surface area contributed by atoms with Crippen molar-refractivity contribution in [1.29, 1.82) is 0 Å². The molecule has 0 unspecified atom stereocenters. The van der Waals surface area contributed by atoms with Crippen LogP contribution in [-0.2, 0) is 11.3 Å². The summed E-state index contributed by atoms with van der Waals surface area (Å²) in [7, 11) is 0. The Bertz CT molecular complexity index is 372. The highest BCUT2D eigenvalue weighted by Crippen LogP contribution is 2.34. The van der Waals surface area contributed by atoms with Gasteiger partial charge in [0.25, 0.3) is 0 Å². The number of thiazole rings is 1. The predicted molar refractivity (Wildman–Crippen MR) is 75.8 cm³/mol. The first-order valence-electron chi connectivity index (χ1n) is 6.58. The zero-order valence-electron chi connectivity index (χ0n) is 11.2. The Morgan fingerprint density at radius 2 is 2.22 bits per heavy atom. The average molecular weight is 269 g/mol. The Balaban J connectivity index is 1.87. The van der Waals surface area contributed by atoms with Crippen LogP contribution in [-0.4, -0.2) is 24.7 Å². The van der Waals surface area contributed by atoms with Crippen molar-refractivity contribution in [3.05, 3.63) is 11.1 Å². The number of nitrogens with one attached hydrogen (secondary N) is 1. The fourth-order valence-electron chi connectivity index (χ4n) is 2.41. The smallest absolute Gasteiger partial charge is 0.182 e. The second-order valence-electron chi connectivity index (χ2n) is 5.56. The van der Waals surface area contributed by atoms with Crippen molar-refractivity contribution in [2.45, 2.75) is 33.2 Å². The predicted octanol–water partition coefficient (Wildman–Crippen LogP) is 2.47.